The molecule has 0 aliphatic rings. The quantitative estimate of drug-likeness (QED) is 0.158. The second kappa shape index (κ2) is 12.7. The van der Waals surface area contributed by atoms with E-state index in [4.69, 9.17) is 0 Å². The zero-order chi connectivity index (χ0) is 34.4. The zero-order valence-electron chi connectivity index (χ0n) is 28.4. The third kappa shape index (κ3) is 5.16. The van der Waals surface area contributed by atoms with Crippen LogP contribution < -0.4 is 4.90 Å². The Balaban J connectivity index is 1.12. The van der Waals surface area contributed by atoms with Gasteiger partial charge in [-0.3, -0.25) is 0 Å². The predicted molar refractivity (Wildman–Crippen MR) is 225 cm³/mol. The Morgan fingerprint density at radius 3 is 1.42 bits per heavy atom. The second-order valence-corrected chi connectivity index (χ2v) is 14.3. The van der Waals surface area contributed by atoms with Crippen LogP contribution >= 0.6 is 11.3 Å². The number of anilines is 3. The molecule has 0 aliphatic carbocycles. The first-order valence-electron chi connectivity index (χ1n) is 17.8. The van der Waals surface area contributed by atoms with E-state index in [0.29, 0.717) is 0 Å². The monoisotopic (exact) mass is 679 g/mol. The van der Waals surface area contributed by atoms with Crippen LogP contribution in [0.2, 0.25) is 0 Å². The summed E-state index contributed by atoms with van der Waals surface area (Å²) in [7, 11) is 0. The number of thiophene rings is 1. The molecule has 1 aromatic heterocycles. The summed E-state index contributed by atoms with van der Waals surface area (Å²) in [6.45, 7) is 0. The topological polar surface area (TPSA) is 3.24 Å². The average molecular weight is 680 g/mol. The maximum atomic E-state index is 2.42. The molecule has 0 bridgehead atoms. The van der Waals surface area contributed by atoms with Crippen LogP contribution in [0.1, 0.15) is 0 Å². The first-order valence-corrected chi connectivity index (χ1v) is 18.6. The molecule has 0 fully saturated rings. The van der Waals surface area contributed by atoms with Crippen LogP contribution in [0.5, 0.6) is 0 Å². The van der Waals surface area contributed by atoms with Crippen LogP contribution in [0.25, 0.3) is 75.1 Å². The normalized spacial score (nSPS) is 11.5. The molecule has 9 aromatic carbocycles. The summed E-state index contributed by atoms with van der Waals surface area (Å²) >= 11 is 1.90. The molecule has 0 spiro atoms. The Morgan fingerprint density at radius 2 is 0.769 bits per heavy atom. The Kier molecular flexibility index (Phi) is 7.41. The summed E-state index contributed by atoms with van der Waals surface area (Å²) in [5.74, 6) is 0. The maximum absolute atomic E-state index is 2.42. The number of hydrogen-bond donors (Lipinski definition) is 0. The predicted octanol–water partition coefficient (Wildman–Crippen LogP) is 14.8. The Labute approximate surface area is 307 Å². The van der Waals surface area contributed by atoms with Gasteiger partial charge in [0.15, 0.2) is 0 Å². The minimum absolute atomic E-state index is 1.12. The van der Waals surface area contributed by atoms with Crippen molar-refractivity contribution in [2.45, 2.75) is 0 Å². The van der Waals surface area contributed by atoms with Crippen molar-refractivity contribution in [3.63, 3.8) is 0 Å². The van der Waals surface area contributed by atoms with Crippen LogP contribution in [-0.4, -0.2) is 0 Å². The lowest BCUT2D eigenvalue weighted by Crippen LogP contribution is -2.10. The van der Waals surface area contributed by atoms with Crippen molar-refractivity contribution in [2.24, 2.45) is 0 Å². The highest BCUT2D eigenvalue weighted by atomic mass is 32.1. The van der Waals surface area contributed by atoms with E-state index in [-0.39, 0.29) is 0 Å². The van der Waals surface area contributed by atoms with Gasteiger partial charge in [0.05, 0.1) is 5.69 Å². The van der Waals surface area contributed by atoms with Gasteiger partial charge in [-0.1, -0.05) is 170 Å². The van der Waals surface area contributed by atoms with Gasteiger partial charge >= 0.3 is 0 Å². The maximum Gasteiger partial charge on any atom is 0.0546 e. The largest absolute Gasteiger partial charge is 0.310 e. The molecule has 0 saturated heterocycles. The van der Waals surface area contributed by atoms with Crippen LogP contribution in [0.3, 0.4) is 0 Å². The SMILES string of the molecule is c1ccc(-c2ccc(N(c3ccc(-c4cccc5c4sc4c(-c6ccccc6)cccc45)cc3)c3cccc4ccc5ccccc5c34)cc2)cc1. The van der Waals surface area contributed by atoms with E-state index in [2.05, 4.69) is 205 Å². The van der Waals surface area contributed by atoms with Crippen molar-refractivity contribution >= 4 is 70.1 Å². The summed E-state index contributed by atoms with van der Waals surface area (Å²) < 4.78 is 2.66. The van der Waals surface area contributed by atoms with Gasteiger partial charge in [0.25, 0.3) is 0 Å². The lowest BCUT2D eigenvalue weighted by molar-refractivity contribution is 1.30. The van der Waals surface area contributed by atoms with Crippen molar-refractivity contribution in [3.8, 4) is 33.4 Å². The highest BCUT2D eigenvalue weighted by Gasteiger charge is 2.19. The van der Waals surface area contributed by atoms with Gasteiger partial charge in [0.2, 0.25) is 0 Å². The van der Waals surface area contributed by atoms with Gasteiger partial charge in [-0.05, 0) is 79.9 Å². The van der Waals surface area contributed by atoms with E-state index in [1.165, 1.54) is 75.1 Å². The molecule has 0 N–H and O–H groups in total. The minimum atomic E-state index is 1.12. The van der Waals surface area contributed by atoms with Crippen molar-refractivity contribution < 1.29 is 0 Å². The fourth-order valence-corrected chi connectivity index (χ4v) is 9.14. The molecule has 1 heterocycles. The molecule has 0 amide bonds. The number of nitrogens with zero attached hydrogens (tertiary/aromatic N) is 1. The molecule has 2 heteroatoms. The number of benzene rings is 9. The molecule has 244 valence electrons. The van der Waals surface area contributed by atoms with E-state index in [9.17, 15) is 0 Å². The van der Waals surface area contributed by atoms with Crippen LogP contribution in [0.4, 0.5) is 17.1 Å². The molecule has 52 heavy (non-hydrogen) atoms. The van der Waals surface area contributed by atoms with Crippen molar-refractivity contribution in [3.05, 3.63) is 200 Å². The first-order chi connectivity index (χ1) is 25.8. The standard InChI is InChI=1S/C50H33NS/c1-3-12-34(13-4-1)35-26-30-40(31-27-35)51(47-23-9-17-39-25-24-37-16-7-8-18-42(37)48(39)47)41-32-28-38(29-33-41)44-20-11-22-46-45-21-10-19-43(49(45)52-50(44)46)36-14-5-2-6-15-36/h1-33H. The number of hydrogen-bond acceptors (Lipinski definition) is 2. The molecule has 10 rings (SSSR count). The third-order valence-electron chi connectivity index (χ3n) is 10.3. The Morgan fingerprint density at radius 1 is 0.308 bits per heavy atom. The molecular weight excluding hydrogens is 647 g/mol. The van der Waals surface area contributed by atoms with Crippen molar-refractivity contribution in [1.82, 2.24) is 0 Å². The van der Waals surface area contributed by atoms with Gasteiger partial charge in [0.1, 0.15) is 0 Å². The summed E-state index contributed by atoms with van der Waals surface area (Å²) in [5, 5.41) is 7.59. The smallest absolute Gasteiger partial charge is 0.0546 e. The number of fused-ring (bicyclic) bond motifs is 6. The van der Waals surface area contributed by atoms with Crippen LogP contribution in [0, 0.1) is 0 Å². The van der Waals surface area contributed by atoms with Crippen LogP contribution in [0.15, 0.2) is 200 Å². The lowest BCUT2D eigenvalue weighted by atomic mass is 9.98. The molecule has 0 radical (unpaired) electrons. The van der Waals surface area contributed by atoms with Crippen molar-refractivity contribution in [2.75, 3.05) is 4.90 Å². The minimum Gasteiger partial charge on any atom is -0.310 e. The Hall–Kier alpha value is -6.48. The summed E-state index contributed by atoms with van der Waals surface area (Å²) in [4.78, 5) is 2.42. The molecule has 10 aromatic rings. The fraction of sp³-hybridized carbons (Fsp3) is 0. The van der Waals surface area contributed by atoms with E-state index in [1.54, 1.807) is 0 Å². The summed E-state index contributed by atoms with van der Waals surface area (Å²) in [6.07, 6.45) is 0. The van der Waals surface area contributed by atoms with Crippen molar-refractivity contribution in [1.29, 1.82) is 0 Å². The van der Waals surface area contributed by atoms with E-state index in [1.807, 2.05) is 11.3 Å². The van der Waals surface area contributed by atoms with Gasteiger partial charge in [-0.15, -0.1) is 11.3 Å². The van der Waals surface area contributed by atoms with Gasteiger partial charge in [-0.2, -0.15) is 0 Å². The van der Waals surface area contributed by atoms with E-state index >= 15 is 0 Å². The molecule has 0 aliphatic heterocycles. The Bertz CT molecular complexity index is 2870. The highest BCUT2D eigenvalue weighted by molar-refractivity contribution is 7.26. The highest BCUT2D eigenvalue weighted by Crippen LogP contribution is 2.46. The van der Waals surface area contributed by atoms with E-state index in [0.717, 1.165) is 17.1 Å². The zero-order valence-corrected chi connectivity index (χ0v) is 29.2. The summed E-state index contributed by atoms with van der Waals surface area (Å²) in [5.41, 5.74) is 10.8. The number of rotatable bonds is 6. The molecule has 1 nitrogen and oxygen atoms in total. The third-order valence-corrected chi connectivity index (χ3v) is 11.6. The first kappa shape index (κ1) is 30.4. The molecule has 0 unspecified atom stereocenters. The molecule has 0 saturated carbocycles. The summed E-state index contributed by atoms with van der Waals surface area (Å²) in [6, 6.07) is 72.8. The fourth-order valence-electron chi connectivity index (χ4n) is 7.77. The van der Waals surface area contributed by atoms with Gasteiger partial charge in [0, 0.05) is 36.9 Å². The second-order valence-electron chi connectivity index (χ2n) is 13.3. The average Bonchev–Trinajstić information content (AvgIpc) is 3.61. The van der Waals surface area contributed by atoms with E-state index < -0.39 is 0 Å². The molecular formula is C50H33NS. The van der Waals surface area contributed by atoms with Gasteiger partial charge < -0.3 is 4.90 Å². The van der Waals surface area contributed by atoms with Gasteiger partial charge in [-0.25, -0.2) is 0 Å². The lowest BCUT2D eigenvalue weighted by Gasteiger charge is -2.28. The van der Waals surface area contributed by atoms with Crippen LogP contribution in [-0.2, 0) is 0 Å². The molecule has 0 atom stereocenters.